The molecule has 3 N–H and O–H groups in total. The van der Waals surface area contributed by atoms with E-state index in [0.717, 1.165) is 47.6 Å². The third kappa shape index (κ3) is 4.03. The van der Waals surface area contributed by atoms with Crippen LogP contribution in [0.25, 0.3) is 22.4 Å². The lowest BCUT2D eigenvalue weighted by molar-refractivity contribution is 0.102. The number of thiazole rings is 1. The van der Waals surface area contributed by atoms with Gasteiger partial charge in [-0.25, -0.2) is 9.97 Å². The molecule has 7 nitrogen and oxygen atoms in total. The van der Waals surface area contributed by atoms with E-state index in [-0.39, 0.29) is 5.91 Å². The zero-order valence-corrected chi connectivity index (χ0v) is 16.9. The Bertz CT molecular complexity index is 1130. The number of imidazole rings is 1. The highest BCUT2D eigenvalue weighted by Crippen LogP contribution is 2.24. The summed E-state index contributed by atoms with van der Waals surface area (Å²) in [6, 6.07) is 11.3. The molecule has 4 rings (SSSR count). The Morgan fingerprint density at radius 1 is 1.21 bits per heavy atom. The van der Waals surface area contributed by atoms with Gasteiger partial charge >= 0.3 is 0 Å². The van der Waals surface area contributed by atoms with Crippen LogP contribution in [0.15, 0.2) is 48.0 Å². The maximum Gasteiger partial charge on any atom is 0.257 e. The maximum atomic E-state index is 12.7. The summed E-state index contributed by atoms with van der Waals surface area (Å²) in [5.41, 5.74) is 9.58. The monoisotopic (exact) mass is 406 g/mol. The van der Waals surface area contributed by atoms with Gasteiger partial charge in [0.2, 0.25) is 0 Å². The molecule has 0 atom stereocenters. The maximum absolute atomic E-state index is 12.7. The number of pyridine rings is 1. The van der Waals surface area contributed by atoms with Crippen LogP contribution >= 0.6 is 11.3 Å². The highest BCUT2D eigenvalue weighted by Gasteiger charge is 2.14. The number of anilines is 1. The van der Waals surface area contributed by atoms with Crippen LogP contribution in [-0.2, 0) is 13.0 Å². The molecule has 4 aromatic rings. The summed E-state index contributed by atoms with van der Waals surface area (Å²) in [7, 11) is 0. The Morgan fingerprint density at radius 2 is 2.10 bits per heavy atom. The second-order valence-electron chi connectivity index (χ2n) is 6.59. The zero-order chi connectivity index (χ0) is 20.2. The molecule has 29 heavy (non-hydrogen) atoms. The Labute approximate surface area is 172 Å². The van der Waals surface area contributed by atoms with Gasteiger partial charge < -0.3 is 10.3 Å². The molecular weight excluding hydrogens is 384 g/mol. The first-order valence-electron chi connectivity index (χ1n) is 9.57. The number of rotatable bonds is 7. The van der Waals surface area contributed by atoms with Crippen LogP contribution in [-0.4, -0.2) is 32.0 Å². The van der Waals surface area contributed by atoms with Gasteiger partial charge in [-0.15, -0.1) is 11.3 Å². The molecule has 0 aliphatic rings. The van der Waals surface area contributed by atoms with E-state index in [1.54, 1.807) is 6.20 Å². The van der Waals surface area contributed by atoms with Crippen LogP contribution in [0.5, 0.6) is 0 Å². The molecule has 0 aliphatic carbocycles. The summed E-state index contributed by atoms with van der Waals surface area (Å²) in [6.45, 7) is 3.55. The number of carbonyl (C=O) groups excluding carboxylic acids is 1. The highest BCUT2D eigenvalue weighted by molar-refractivity contribution is 7.14. The second-order valence-corrected chi connectivity index (χ2v) is 7.44. The SMILES string of the molecule is CCc1nc2cc(C(=O)Nc3nc(-c4ccccn4)cs3)ccc2n1CCCN. The van der Waals surface area contributed by atoms with Crippen LogP contribution in [0.3, 0.4) is 0 Å². The Kier molecular flexibility index (Phi) is 5.64. The van der Waals surface area contributed by atoms with E-state index in [1.807, 2.05) is 41.8 Å². The molecule has 1 amide bonds. The first-order valence-corrected chi connectivity index (χ1v) is 10.4. The predicted octanol–water partition coefficient (Wildman–Crippen LogP) is 3.72. The number of fused-ring (bicyclic) bond motifs is 1. The van der Waals surface area contributed by atoms with Gasteiger partial charge in [0, 0.05) is 30.1 Å². The Hall–Kier alpha value is -3.10. The molecule has 1 aromatic carbocycles. The molecule has 3 heterocycles. The summed E-state index contributed by atoms with van der Waals surface area (Å²) in [6.07, 6.45) is 3.44. The van der Waals surface area contributed by atoms with Crippen LogP contribution in [0, 0.1) is 0 Å². The van der Waals surface area contributed by atoms with Gasteiger partial charge in [-0.3, -0.25) is 15.1 Å². The number of nitrogens with two attached hydrogens (primary N) is 1. The first kappa shape index (κ1) is 19.2. The van der Waals surface area contributed by atoms with Crippen molar-refractivity contribution in [2.75, 3.05) is 11.9 Å². The third-order valence-electron chi connectivity index (χ3n) is 4.64. The smallest absolute Gasteiger partial charge is 0.257 e. The number of nitrogens with zero attached hydrogens (tertiary/aromatic N) is 4. The minimum atomic E-state index is -0.205. The summed E-state index contributed by atoms with van der Waals surface area (Å²) in [5.74, 6) is 0.800. The molecule has 148 valence electrons. The number of carbonyl (C=O) groups is 1. The lowest BCUT2D eigenvalue weighted by atomic mass is 10.2. The predicted molar refractivity (Wildman–Crippen MR) is 116 cm³/mol. The van der Waals surface area contributed by atoms with E-state index in [4.69, 9.17) is 10.7 Å². The average Bonchev–Trinajstić information content (AvgIpc) is 3.36. The van der Waals surface area contributed by atoms with Crippen LogP contribution in [0.4, 0.5) is 5.13 Å². The van der Waals surface area contributed by atoms with Gasteiger partial charge in [-0.1, -0.05) is 13.0 Å². The lowest BCUT2D eigenvalue weighted by Gasteiger charge is -2.07. The number of nitrogens with one attached hydrogen (secondary N) is 1. The van der Waals surface area contributed by atoms with Gasteiger partial charge in [0.05, 0.1) is 16.7 Å². The summed E-state index contributed by atoms with van der Waals surface area (Å²) >= 11 is 1.38. The second kappa shape index (κ2) is 8.50. The highest BCUT2D eigenvalue weighted by atomic mass is 32.1. The van der Waals surface area contributed by atoms with Gasteiger partial charge in [0.1, 0.15) is 11.5 Å². The van der Waals surface area contributed by atoms with Crippen molar-refractivity contribution in [3.63, 3.8) is 0 Å². The molecule has 0 fully saturated rings. The van der Waals surface area contributed by atoms with E-state index >= 15 is 0 Å². The molecular formula is C21H22N6OS. The van der Waals surface area contributed by atoms with Crippen molar-refractivity contribution >= 4 is 33.4 Å². The van der Waals surface area contributed by atoms with Crippen molar-refractivity contribution in [3.05, 3.63) is 59.4 Å². The van der Waals surface area contributed by atoms with Crippen LogP contribution in [0.1, 0.15) is 29.5 Å². The number of aryl methyl sites for hydroxylation is 2. The van der Waals surface area contributed by atoms with Crippen LogP contribution < -0.4 is 11.1 Å². The average molecular weight is 407 g/mol. The van der Waals surface area contributed by atoms with Crippen LogP contribution in [0.2, 0.25) is 0 Å². The quantitative estimate of drug-likeness (QED) is 0.487. The topological polar surface area (TPSA) is 98.7 Å². The molecule has 0 unspecified atom stereocenters. The van der Waals surface area contributed by atoms with E-state index in [0.29, 0.717) is 17.2 Å². The minimum absolute atomic E-state index is 0.205. The molecule has 0 saturated heterocycles. The number of hydrogen-bond acceptors (Lipinski definition) is 6. The molecule has 8 heteroatoms. The standard InChI is InChI=1S/C21H22N6OS/c1-2-19-24-16-12-14(7-8-18(16)27(19)11-5-9-22)20(28)26-21-25-17(13-29-21)15-6-3-4-10-23-15/h3-4,6-8,10,12-13H,2,5,9,11,22H2,1H3,(H,25,26,28). The van der Waals surface area contributed by atoms with Crippen molar-refractivity contribution in [2.45, 2.75) is 26.3 Å². The lowest BCUT2D eigenvalue weighted by Crippen LogP contribution is -2.11. The number of aromatic nitrogens is 4. The summed E-state index contributed by atoms with van der Waals surface area (Å²) < 4.78 is 2.18. The largest absolute Gasteiger partial charge is 0.330 e. The van der Waals surface area contributed by atoms with E-state index < -0.39 is 0 Å². The minimum Gasteiger partial charge on any atom is -0.330 e. The van der Waals surface area contributed by atoms with Gasteiger partial charge in [-0.2, -0.15) is 0 Å². The van der Waals surface area contributed by atoms with Crippen molar-refractivity contribution in [2.24, 2.45) is 5.73 Å². The fourth-order valence-corrected chi connectivity index (χ4v) is 3.92. The molecule has 0 radical (unpaired) electrons. The van der Waals surface area contributed by atoms with Crippen molar-refractivity contribution < 1.29 is 4.79 Å². The molecule has 0 aliphatic heterocycles. The first-order chi connectivity index (χ1) is 14.2. The third-order valence-corrected chi connectivity index (χ3v) is 5.40. The van der Waals surface area contributed by atoms with Crippen molar-refractivity contribution in [3.8, 4) is 11.4 Å². The normalized spacial score (nSPS) is 11.1. The molecule has 0 saturated carbocycles. The number of hydrogen-bond donors (Lipinski definition) is 2. The fourth-order valence-electron chi connectivity index (χ4n) is 3.22. The van der Waals surface area contributed by atoms with E-state index in [2.05, 4.69) is 26.8 Å². The van der Waals surface area contributed by atoms with E-state index in [9.17, 15) is 4.79 Å². The van der Waals surface area contributed by atoms with Gasteiger partial charge in [0.25, 0.3) is 5.91 Å². The van der Waals surface area contributed by atoms with E-state index in [1.165, 1.54) is 11.3 Å². The van der Waals surface area contributed by atoms with Crippen molar-refractivity contribution in [1.29, 1.82) is 0 Å². The molecule has 0 spiro atoms. The Morgan fingerprint density at radius 3 is 2.86 bits per heavy atom. The van der Waals surface area contributed by atoms with Gasteiger partial charge in [-0.05, 0) is 43.3 Å². The van der Waals surface area contributed by atoms with Gasteiger partial charge in [0.15, 0.2) is 5.13 Å². The molecule has 3 aromatic heterocycles. The Balaban J connectivity index is 1.55. The zero-order valence-electron chi connectivity index (χ0n) is 16.1. The van der Waals surface area contributed by atoms with Crippen molar-refractivity contribution in [1.82, 2.24) is 19.5 Å². The number of amides is 1. The summed E-state index contributed by atoms with van der Waals surface area (Å²) in [5, 5.41) is 5.30. The fraction of sp³-hybridized carbons (Fsp3) is 0.238. The number of benzene rings is 1. The summed E-state index contributed by atoms with van der Waals surface area (Å²) in [4.78, 5) is 26.2. The molecule has 0 bridgehead atoms.